The van der Waals surface area contributed by atoms with E-state index in [-0.39, 0.29) is 18.0 Å². The number of ether oxygens (including phenoxy) is 1. The predicted octanol–water partition coefficient (Wildman–Crippen LogP) is 4.43. The number of carbonyl (C=O) groups is 1. The van der Waals surface area contributed by atoms with Gasteiger partial charge in [-0.25, -0.2) is 4.79 Å². The van der Waals surface area contributed by atoms with Crippen molar-refractivity contribution < 1.29 is 9.53 Å². The zero-order valence-corrected chi connectivity index (χ0v) is 12.0. The van der Waals surface area contributed by atoms with Gasteiger partial charge in [0.2, 0.25) is 0 Å². The summed E-state index contributed by atoms with van der Waals surface area (Å²) in [6, 6.07) is 19.3. The molecule has 104 valence electrons. The van der Waals surface area contributed by atoms with Gasteiger partial charge in [0.1, 0.15) is 6.10 Å². The molecule has 2 nitrogen and oxygen atoms in total. The molecule has 0 aliphatic rings. The minimum atomic E-state index is -0.257. The van der Waals surface area contributed by atoms with E-state index < -0.39 is 0 Å². The second-order valence-corrected chi connectivity index (χ2v) is 4.90. The molecule has 0 heterocycles. The van der Waals surface area contributed by atoms with E-state index in [2.05, 4.69) is 19.1 Å². The van der Waals surface area contributed by atoms with Crippen LogP contribution >= 0.6 is 0 Å². The lowest BCUT2D eigenvalue weighted by Gasteiger charge is -2.23. The molecule has 0 amide bonds. The van der Waals surface area contributed by atoms with Crippen molar-refractivity contribution in [2.75, 3.05) is 0 Å². The lowest BCUT2D eigenvalue weighted by molar-refractivity contribution is 0.0277. The largest absolute Gasteiger partial charge is 0.458 e. The van der Waals surface area contributed by atoms with E-state index in [0.29, 0.717) is 5.56 Å². The molecule has 20 heavy (non-hydrogen) atoms. The molecule has 0 N–H and O–H groups in total. The molecule has 2 atom stereocenters. The van der Waals surface area contributed by atoms with Crippen molar-refractivity contribution in [1.29, 1.82) is 0 Å². The molecule has 2 aromatic carbocycles. The molecule has 0 aliphatic carbocycles. The van der Waals surface area contributed by atoms with E-state index in [4.69, 9.17) is 4.74 Å². The highest BCUT2D eigenvalue weighted by molar-refractivity contribution is 5.89. The molecule has 0 aromatic heterocycles. The van der Waals surface area contributed by atoms with E-state index in [0.717, 1.165) is 6.42 Å². The van der Waals surface area contributed by atoms with Crippen molar-refractivity contribution in [3.63, 3.8) is 0 Å². The van der Waals surface area contributed by atoms with Gasteiger partial charge in [-0.15, -0.1) is 0 Å². The maximum Gasteiger partial charge on any atom is 0.338 e. The van der Waals surface area contributed by atoms with Gasteiger partial charge < -0.3 is 4.74 Å². The van der Waals surface area contributed by atoms with Crippen LogP contribution in [0.4, 0.5) is 0 Å². The second kappa shape index (κ2) is 6.90. The van der Waals surface area contributed by atoms with Crippen LogP contribution in [0.15, 0.2) is 60.7 Å². The number of carbonyl (C=O) groups excluding carboxylic acids is 1. The van der Waals surface area contributed by atoms with Gasteiger partial charge in [-0.2, -0.15) is 0 Å². The fourth-order valence-corrected chi connectivity index (χ4v) is 2.43. The molecular weight excluding hydrogens is 248 g/mol. The molecule has 2 heteroatoms. The Hall–Kier alpha value is -2.09. The van der Waals surface area contributed by atoms with Crippen molar-refractivity contribution in [3.8, 4) is 0 Å². The molecule has 0 fully saturated rings. The van der Waals surface area contributed by atoms with Crippen LogP contribution in [0, 0.1) is 0 Å². The van der Waals surface area contributed by atoms with Crippen molar-refractivity contribution in [2.45, 2.75) is 32.3 Å². The fourth-order valence-electron chi connectivity index (χ4n) is 2.43. The first kappa shape index (κ1) is 14.3. The summed E-state index contributed by atoms with van der Waals surface area (Å²) in [6.07, 6.45) is 0.794. The molecule has 2 aromatic rings. The summed E-state index contributed by atoms with van der Waals surface area (Å²) in [7, 11) is 0. The number of hydrogen-bond acceptors (Lipinski definition) is 2. The van der Waals surface area contributed by atoms with E-state index >= 15 is 0 Å². The van der Waals surface area contributed by atoms with Crippen molar-refractivity contribution in [1.82, 2.24) is 0 Å². The highest BCUT2D eigenvalue weighted by atomic mass is 16.5. The Kier molecular flexibility index (Phi) is 4.94. The monoisotopic (exact) mass is 268 g/mol. The molecule has 0 radical (unpaired) electrons. The summed E-state index contributed by atoms with van der Waals surface area (Å²) < 4.78 is 5.60. The summed E-state index contributed by atoms with van der Waals surface area (Å²) in [5, 5.41) is 0. The SMILES string of the molecule is CC[C@H](c1ccccc1)[C@@H](C)OC(=O)c1ccccc1. The van der Waals surface area contributed by atoms with E-state index in [1.54, 1.807) is 12.1 Å². The van der Waals surface area contributed by atoms with Gasteiger partial charge in [-0.05, 0) is 31.0 Å². The first-order valence-corrected chi connectivity index (χ1v) is 7.03. The lowest BCUT2D eigenvalue weighted by Crippen LogP contribution is -2.22. The van der Waals surface area contributed by atoms with Crippen LogP contribution in [-0.4, -0.2) is 12.1 Å². The maximum absolute atomic E-state index is 12.1. The van der Waals surface area contributed by atoms with Gasteiger partial charge in [0.25, 0.3) is 0 Å². The highest BCUT2D eigenvalue weighted by Crippen LogP contribution is 2.25. The first-order chi connectivity index (χ1) is 9.72. The van der Waals surface area contributed by atoms with Gasteiger partial charge in [-0.1, -0.05) is 55.5 Å². The molecule has 0 bridgehead atoms. The minimum Gasteiger partial charge on any atom is -0.458 e. The zero-order valence-electron chi connectivity index (χ0n) is 12.0. The van der Waals surface area contributed by atoms with Crippen LogP contribution in [0.2, 0.25) is 0 Å². The third-order valence-electron chi connectivity index (χ3n) is 3.54. The normalized spacial score (nSPS) is 13.5. The molecular formula is C18H20O2. The van der Waals surface area contributed by atoms with Crippen LogP contribution < -0.4 is 0 Å². The molecule has 0 saturated carbocycles. The smallest absolute Gasteiger partial charge is 0.338 e. The van der Waals surface area contributed by atoms with Crippen LogP contribution in [-0.2, 0) is 4.74 Å². The Morgan fingerprint density at radius 1 is 1.00 bits per heavy atom. The Balaban J connectivity index is 2.07. The van der Waals surface area contributed by atoms with Crippen LogP contribution in [0.5, 0.6) is 0 Å². The Bertz CT molecular complexity index is 534. The summed E-state index contributed by atoms with van der Waals surface area (Å²) in [4.78, 5) is 12.1. The van der Waals surface area contributed by atoms with Crippen molar-refractivity contribution in [2.24, 2.45) is 0 Å². The van der Waals surface area contributed by atoms with Gasteiger partial charge in [0, 0.05) is 5.92 Å². The summed E-state index contributed by atoms with van der Waals surface area (Å²) in [6.45, 7) is 4.08. The van der Waals surface area contributed by atoms with Gasteiger partial charge in [0.15, 0.2) is 0 Å². The van der Waals surface area contributed by atoms with Gasteiger partial charge in [-0.3, -0.25) is 0 Å². The quantitative estimate of drug-likeness (QED) is 0.750. The van der Waals surface area contributed by atoms with Crippen LogP contribution in [0.1, 0.15) is 42.1 Å². The van der Waals surface area contributed by atoms with Crippen molar-refractivity contribution in [3.05, 3.63) is 71.8 Å². The molecule has 0 saturated heterocycles. The van der Waals surface area contributed by atoms with Crippen LogP contribution in [0.3, 0.4) is 0 Å². The lowest BCUT2D eigenvalue weighted by atomic mass is 9.92. The average molecular weight is 268 g/mol. The Morgan fingerprint density at radius 2 is 1.55 bits per heavy atom. The number of rotatable bonds is 5. The third-order valence-corrected chi connectivity index (χ3v) is 3.54. The van der Waals surface area contributed by atoms with E-state index in [9.17, 15) is 4.79 Å². The average Bonchev–Trinajstić information content (AvgIpc) is 2.50. The topological polar surface area (TPSA) is 26.3 Å². The second-order valence-electron chi connectivity index (χ2n) is 4.90. The summed E-state index contributed by atoms with van der Waals surface area (Å²) in [5.41, 5.74) is 1.81. The third kappa shape index (κ3) is 3.47. The molecule has 0 aliphatic heterocycles. The number of hydrogen-bond donors (Lipinski definition) is 0. The van der Waals surface area contributed by atoms with Gasteiger partial charge >= 0.3 is 5.97 Å². The number of esters is 1. The minimum absolute atomic E-state index is 0.143. The molecule has 2 rings (SSSR count). The molecule has 0 unspecified atom stereocenters. The Labute approximate surface area is 120 Å². The predicted molar refractivity (Wildman–Crippen MR) is 80.8 cm³/mol. The summed E-state index contributed by atoms with van der Waals surface area (Å²) in [5.74, 6) is -0.0312. The number of benzene rings is 2. The van der Waals surface area contributed by atoms with Crippen LogP contribution in [0.25, 0.3) is 0 Å². The molecule has 0 spiro atoms. The summed E-state index contributed by atoms with van der Waals surface area (Å²) >= 11 is 0. The Morgan fingerprint density at radius 3 is 2.10 bits per heavy atom. The fraction of sp³-hybridized carbons (Fsp3) is 0.278. The maximum atomic E-state index is 12.1. The van der Waals surface area contributed by atoms with E-state index in [1.807, 2.05) is 43.3 Å². The highest BCUT2D eigenvalue weighted by Gasteiger charge is 2.21. The van der Waals surface area contributed by atoms with E-state index in [1.165, 1.54) is 5.56 Å². The first-order valence-electron chi connectivity index (χ1n) is 7.03. The standard InChI is InChI=1S/C18H20O2/c1-3-17(15-10-6-4-7-11-15)14(2)20-18(19)16-12-8-5-9-13-16/h4-14,17H,3H2,1-2H3/t14-,17+/m1/s1. The van der Waals surface area contributed by atoms with Gasteiger partial charge in [0.05, 0.1) is 5.56 Å². The zero-order chi connectivity index (χ0) is 14.4. The van der Waals surface area contributed by atoms with Crippen molar-refractivity contribution >= 4 is 5.97 Å².